The summed E-state index contributed by atoms with van der Waals surface area (Å²) in [5, 5.41) is 9.28. The van der Waals surface area contributed by atoms with Crippen LogP contribution in [0.3, 0.4) is 0 Å². The van der Waals surface area contributed by atoms with E-state index < -0.39 is 11.9 Å². The van der Waals surface area contributed by atoms with Crippen molar-refractivity contribution in [1.82, 2.24) is 0 Å². The topological polar surface area (TPSA) is 29.5 Å². The Balaban J connectivity index is 1.97. The minimum absolute atomic E-state index is 0.316. The van der Waals surface area contributed by atoms with Crippen molar-refractivity contribution in [2.45, 2.75) is 32.3 Å². The van der Waals surface area contributed by atoms with Gasteiger partial charge in [-0.25, -0.2) is 4.39 Å². The Morgan fingerprint density at radius 1 is 1.50 bits per heavy atom. The molecule has 1 aromatic carbocycles. The highest BCUT2D eigenvalue weighted by Crippen LogP contribution is 2.28. The van der Waals surface area contributed by atoms with Crippen molar-refractivity contribution < 1.29 is 14.2 Å². The molecule has 1 atom stereocenters. The lowest BCUT2D eigenvalue weighted by Gasteiger charge is -2.25. The van der Waals surface area contributed by atoms with Crippen LogP contribution in [0.4, 0.5) is 4.39 Å². The SMILES string of the molecule is C[C@@H](O)c1ccc(OCC2CCC2)cc1F. The fourth-order valence-electron chi connectivity index (χ4n) is 1.81. The minimum Gasteiger partial charge on any atom is -0.493 e. The Morgan fingerprint density at radius 2 is 2.25 bits per heavy atom. The predicted octanol–water partition coefficient (Wildman–Crippen LogP) is 3.06. The van der Waals surface area contributed by atoms with Crippen LogP contribution in [0.15, 0.2) is 18.2 Å². The third kappa shape index (κ3) is 2.53. The Labute approximate surface area is 95.1 Å². The zero-order valence-corrected chi connectivity index (χ0v) is 9.45. The third-order valence-corrected chi connectivity index (χ3v) is 3.13. The molecule has 0 bridgehead atoms. The normalized spacial score (nSPS) is 17.9. The lowest BCUT2D eigenvalue weighted by molar-refractivity contribution is 0.178. The second kappa shape index (κ2) is 4.83. The van der Waals surface area contributed by atoms with Crippen LogP contribution < -0.4 is 4.74 Å². The van der Waals surface area contributed by atoms with Crippen LogP contribution in [0.25, 0.3) is 0 Å². The van der Waals surface area contributed by atoms with Crippen LogP contribution in [0.2, 0.25) is 0 Å². The van der Waals surface area contributed by atoms with Gasteiger partial charge in [-0.1, -0.05) is 6.42 Å². The van der Waals surface area contributed by atoms with Gasteiger partial charge in [0.1, 0.15) is 11.6 Å². The largest absolute Gasteiger partial charge is 0.493 e. The molecule has 1 aliphatic carbocycles. The highest BCUT2D eigenvalue weighted by molar-refractivity contribution is 5.30. The molecule has 0 heterocycles. The van der Waals surface area contributed by atoms with Crippen LogP contribution in [-0.4, -0.2) is 11.7 Å². The lowest BCUT2D eigenvalue weighted by atomic mass is 9.86. The summed E-state index contributed by atoms with van der Waals surface area (Å²) in [6, 6.07) is 4.64. The van der Waals surface area contributed by atoms with E-state index in [0.717, 1.165) is 0 Å². The van der Waals surface area contributed by atoms with Crippen molar-refractivity contribution in [3.8, 4) is 5.75 Å². The quantitative estimate of drug-likeness (QED) is 0.851. The molecule has 0 unspecified atom stereocenters. The average molecular weight is 224 g/mol. The van der Waals surface area contributed by atoms with Gasteiger partial charge in [-0.15, -0.1) is 0 Å². The Bertz CT molecular complexity index is 359. The van der Waals surface area contributed by atoms with Gasteiger partial charge in [0.15, 0.2) is 0 Å². The molecule has 0 amide bonds. The van der Waals surface area contributed by atoms with E-state index in [-0.39, 0.29) is 0 Å². The van der Waals surface area contributed by atoms with Crippen LogP contribution in [0.5, 0.6) is 5.75 Å². The highest BCUT2D eigenvalue weighted by atomic mass is 19.1. The molecule has 0 aliphatic heterocycles. The number of rotatable bonds is 4. The van der Waals surface area contributed by atoms with Crippen molar-refractivity contribution in [2.75, 3.05) is 6.61 Å². The number of aliphatic hydroxyl groups is 1. The number of aliphatic hydroxyl groups excluding tert-OH is 1. The standard InChI is InChI=1S/C13H17FO2/c1-9(15)12-6-5-11(7-13(12)14)16-8-10-3-2-4-10/h5-7,9-10,15H,2-4,8H2,1H3/t9-/m1/s1. The van der Waals surface area contributed by atoms with Crippen LogP contribution in [-0.2, 0) is 0 Å². The molecular formula is C13H17FO2. The summed E-state index contributed by atoms with van der Waals surface area (Å²) >= 11 is 0. The molecule has 88 valence electrons. The molecule has 2 rings (SSSR count). The second-order valence-corrected chi connectivity index (χ2v) is 4.47. The van der Waals surface area contributed by atoms with Crippen molar-refractivity contribution in [3.63, 3.8) is 0 Å². The maximum atomic E-state index is 13.5. The molecule has 1 saturated carbocycles. The van der Waals surface area contributed by atoms with Gasteiger partial charge in [-0.2, -0.15) is 0 Å². The van der Waals surface area contributed by atoms with Gasteiger partial charge in [0.25, 0.3) is 0 Å². The van der Waals surface area contributed by atoms with Crippen molar-refractivity contribution in [3.05, 3.63) is 29.6 Å². The van der Waals surface area contributed by atoms with Crippen LogP contribution in [0.1, 0.15) is 37.9 Å². The van der Waals surface area contributed by atoms with Gasteiger partial charge in [0, 0.05) is 11.6 Å². The van der Waals surface area contributed by atoms with E-state index in [9.17, 15) is 9.50 Å². The van der Waals surface area contributed by atoms with Crippen molar-refractivity contribution >= 4 is 0 Å². The van der Waals surface area contributed by atoms with E-state index in [2.05, 4.69) is 0 Å². The monoisotopic (exact) mass is 224 g/mol. The van der Waals surface area contributed by atoms with Crippen LogP contribution in [0, 0.1) is 11.7 Å². The smallest absolute Gasteiger partial charge is 0.132 e. The van der Waals surface area contributed by atoms with E-state index in [1.807, 2.05) is 0 Å². The first-order chi connectivity index (χ1) is 7.66. The fourth-order valence-corrected chi connectivity index (χ4v) is 1.81. The van der Waals surface area contributed by atoms with Crippen molar-refractivity contribution in [2.24, 2.45) is 5.92 Å². The summed E-state index contributed by atoms with van der Waals surface area (Å²) in [6.45, 7) is 2.22. The van der Waals surface area contributed by atoms with Gasteiger partial charge in [-0.05, 0) is 37.8 Å². The molecule has 1 N–H and O–H groups in total. The average Bonchev–Trinajstić information content (AvgIpc) is 2.14. The summed E-state index contributed by atoms with van der Waals surface area (Å²) < 4.78 is 19.0. The Hall–Kier alpha value is -1.09. The van der Waals surface area contributed by atoms with E-state index in [4.69, 9.17) is 4.74 Å². The second-order valence-electron chi connectivity index (χ2n) is 4.47. The molecule has 1 fully saturated rings. The molecular weight excluding hydrogens is 207 g/mol. The summed E-state index contributed by atoms with van der Waals surface area (Å²) in [4.78, 5) is 0. The first-order valence-electron chi connectivity index (χ1n) is 5.77. The van der Waals surface area contributed by atoms with Gasteiger partial charge in [0.05, 0.1) is 12.7 Å². The number of hydrogen-bond donors (Lipinski definition) is 1. The molecule has 2 nitrogen and oxygen atoms in total. The van der Waals surface area contributed by atoms with Gasteiger partial charge >= 0.3 is 0 Å². The maximum absolute atomic E-state index is 13.5. The molecule has 16 heavy (non-hydrogen) atoms. The van der Waals surface area contributed by atoms with E-state index in [0.29, 0.717) is 23.8 Å². The third-order valence-electron chi connectivity index (χ3n) is 3.13. The van der Waals surface area contributed by atoms with Crippen LogP contribution >= 0.6 is 0 Å². The Kier molecular flexibility index (Phi) is 3.44. The maximum Gasteiger partial charge on any atom is 0.132 e. The molecule has 3 heteroatoms. The summed E-state index contributed by atoms with van der Waals surface area (Å²) in [5.74, 6) is 0.786. The molecule has 1 aromatic rings. The van der Waals surface area contributed by atoms with E-state index >= 15 is 0 Å². The molecule has 0 spiro atoms. The van der Waals surface area contributed by atoms with Gasteiger partial charge in [-0.3, -0.25) is 0 Å². The zero-order valence-electron chi connectivity index (χ0n) is 9.45. The number of hydrogen-bond acceptors (Lipinski definition) is 2. The first kappa shape index (κ1) is 11.4. The molecule has 1 aliphatic rings. The summed E-state index contributed by atoms with van der Waals surface area (Å²) in [7, 11) is 0. The molecule has 0 radical (unpaired) electrons. The molecule has 0 saturated heterocycles. The minimum atomic E-state index is -0.777. The Morgan fingerprint density at radius 3 is 2.75 bits per heavy atom. The summed E-state index contributed by atoms with van der Waals surface area (Å²) in [6.07, 6.45) is 2.94. The van der Waals surface area contributed by atoms with Crippen molar-refractivity contribution in [1.29, 1.82) is 0 Å². The van der Waals surface area contributed by atoms with E-state index in [1.165, 1.54) is 25.3 Å². The van der Waals surface area contributed by atoms with Gasteiger partial charge < -0.3 is 9.84 Å². The number of benzene rings is 1. The number of halogens is 1. The fraction of sp³-hybridized carbons (Fsp3) is 0.538. The number of ether oxygens (including phenoxy) is 1. The first-order valence-corrected chi connectivity index (χ1v) is 5.77. The predicted molar refractivity (Wildman–Crippen MR) is 59.9 cm³/mol. The van der Waals surface area contributed by atoms with Gasteiger partial charge in [0.2, 0.25) is 0 Å². The van der Waals surface area contributed by atoms with E-state index in [1.54, 1.807) is 19.1 Å². The lowest BCUT2D eigenvalue weighted by Crippen LogP contribution is -2.19. The molecule has 0 aromatic heterocycles. The highest BCUT2D eigenvalue weighted by Gasteiger charge is 2.18. The summed E-state index contributed by atoms with van der Waals surface area (Å²) in [5.41, 5.74) is 0.316. The zero-order chi connectivity index (χ0) is 11.5.